The fourth-order valence-electron chi connectivity index (χ4n) is 2.58. The third-order valence-corrected chi connectivity index (χ3v) is 3.85. The van der Waals surface area contributed by atoms with Crippen LogP contribution in [0.15, 0.2) is 11.6 Å². The van der Waals surface area contributed by atoms with Gasteiger partial charge in [-0.15, -0.1) is 0 Å². The van der Waals surface area contributed by atoms with Crippen LogP contribution < -0.4 is 11.3 Å². The lowest BCUT2D eigenvalue weighted by Gasteiger charge is -2.24. The smallest absolute Gasteiger partial charge is 0.0431 e. The first-order valence-electron chi connectivity index (χ1n) is 7.19. The molecule has 0 radical (unpaired) electrons. The Labute approximate surface area is 106 Å². The van der Waals surface area contributed by atoms with Crippen LogP contribution in [0, 0.1) is 0 Å². The molecule has 3 nitrogen and oxygen atoms in total. The minimum absolute atomic E-state index is 0.383. The molecule has 0 aliphatic heterocycles. The van der Waals surface area contributed by atoms with Crippen LogP contribution in [0.25, 0.3) is 0 Å². The molecule has 0 heterocycles. The van der Waals surface area contributed by atoms with E-state index in [1.807, 2.05) is 0 Å². The standard InChI is InChI=1S/C14H29N3/c1-3-17(4-2)12-11-14(16-15)13-9-7-5-6-8-10-13/h9,14,16H,3-8,10-12,15H2,1-2H3. The van der Waals surface area contributed by atoms with E-state index in [0.29, 0.717) is 6.04 Å². The van der Waals surface area contributed by atoms with Crippen molar-refractivity contribution < 1.29 is 0 Å². The van der Waals surface area contributed by atoms with Crippen molar-refractivity contribution in [3.8, 4) is 0 Å². The van der Waals surface area contributed by atoms with Gasteiger partial charge < -0.3 is 4.90 Å². The van der Waals surface area contributed by atoms with E-state index in [9.17, 15) is 0 Å². The SMILES string of the molecule is CCN(CC)CCC(NN)C1=CCCCCC1. The molecule has 0 saturated carbocycles. The quantitative estimate of drug-likeness (QED) is 0.407. The van der Waals surface area contributed by atoms with Crippen LogP contribution in [-0.2, 0) is 0 Å². The third-order valence-electron chi connectivity index (χ3n) is 3.85. The van der Waals surface area contributed by atoms with Crippen molar-refractivity contribution in [3.63, 3.8) is 0 Å². The number of allylic oxidation sites excluding steroid dienone is 1. The van der Waals surface area contributed by atoms with Gasteiger partial charge >= 0.3 is 0 Å². The van der Waals surface area contributed by atoms with Gasteiger partial charge in [-0.3, -0.25) is 11.3 Å². The molecule has 3 N–H and O–H groups in total. The molecular weight excluding hydrogens is 210 g/mol. The number of hydrogen-bond donors (Lipinski definition) is 2. The van der Waals surface area contributed by atoms with Gasteiger partial charge in [0.2, 0.25) is 0 Å². The molecule has 0 amide bonds. The molecule has 0 bridgehead atoms. The highest BCUT2D eigenvalue weighted by atomic mass is 15.2. The summed E-state index contributed by atoms with van der Waals surface area (Å²) < 4.78 is 0. The molecule has 3 heteroatoms. The maximum atomic E-state index is 5.71. The Hall–Kier alpha value is -0.380. The Kier molecular flexibility index (Phi) is 7.49. The summed E-state index contributed by atoms with van der Waals surface area (Å²) in [7, 11) is 0. The van der Waals surface area contributed by atoms with E-state index in [1.54, 1.807) is 0 Å². The lowest BCUT2D eigenvalue weighted by atomic mass is 9.99. The molecule has 1 aliphatic rings. The summed E-state index contributed by atoms with van der Waals surface area (Å²) in [4.78, 5) is 2.46. The molecule has 17 heavy (non-hydrogen) atoms. The van der Waals surface area contributed by atoms with Gasteiger partial charge in [0.1, 0.15) is 0 Å². The fourth-order valence-corrected chi connectivity index (χ4v) is 2.58. The fraction of sp³-hybridized carbons (Fsp3) is 0.857. The molecular formula is C14H29N3. The Morgan fingerprint density at radius 1 is 1.29 bits per heavy atom. The highest BCUT2D eigenvalue weighted by molar-refractivity contribution is 5.11. The molecule has 0 fully saturated rings. The number of rotatable bonds is 7. The summed E-state index contributed by atoms with van der Waals surface area (Å²) in [6, 6.07) is 0.383. The first-order valence-corrected chi connectivity index (χ1v) is 7.19. The Bertz CT molecular complexity index is 222. The van der Waals surface area contributed by atoms with E-state index >= 15 is 0 Å². The van der Waals surface area contributed by atoms with Crippen molar-refractivity contribution in [3.05, 3.63) is 11.6 Å². The van der Waals surface area contributed by atoms with E-state index < -0.39 is 0 Å². The van der Waals surface area contributed by atoms with Crippen molar-refractivity contribution in [2.75, 3.05) is 19.6 Å². The van der Waals surface area contributed by atoms with E-state index in [1.165, 1.54) is 37.7 Å². The van der Waals surface area contributed by atoms with Gasteiger partial charge in [-0.05, 0) is 51.7 Å². The Morgan fingerprint density at radius 2 is 2.06 bits per heavy atom. The van der Waals surface area contributed by atoms with Crippen LogP contribution in [0.2, 0.25) is 0 Å². The molecule has 0 saturated heterocycles. The minimum Gasteiger partial charge on any atom is -0.304 e. The second-order valence-electron chi connectivity index (χ2n) is 4.91. The lowest BCUT2D eigenvalue weighted by molar-refractivity contribution is 0.287. The van der Waals surface area contributed by atoms with Crippen LogP contribution in [0.3, 0.4) is 0 Å². The summed E-state index contributed by atoms with van der Waals surface area (Å²) in [5.74, 6) is 5.71. The number of nitrogens with two attached hydrogens (primary N) is 1. The van der Waals surface area contributed by atoms with E-state index in [2.05, 4.69) is 30.2 Å². The van der Waals surface area contributed by atoms with Gasteiger partial charge in [0.15, 0.2) is 0 Å². The van der Waals surface area contributed by atoms with E-state index in [4.69, 9.17) is 5.84 Å². The number of hydrazine groups is 1. The van der Waals surface area contributed by atoms with Crippen molar-refractivity contribution in [1.29, 1.82) is 0 Å². The van der Waals surface area contributed by atoms with Crippen molar-refractivity contribution in [1.82, 2.24) is 10.3 Å². The molecule has 0 aromatic heterocycles. The minimum atomic E-state index is 0.383. The summed E-state index contributed by atoms with van der Waals surface area (Å²) in [6.45, 7) is 7.84. The predicted molar refractivity (Wildman–Crippen MR) is 74.7 cm³/mol. The zero-order valence-corrected chi connectivity index (χ0v) is 11.5. The number of nitrogens with zero attached hydrogens (tertiary/aromatic N) is 1. The largest absolute Gasteiger partial charge is 0.304 e. The van der Waals surface area contributed by atoms with Gasteiger partial charge in [0.25, 0.3) is 0 Å². The Morgan fingerprint density at radius 3 is 2.71 bits per heavy atom. The molecule has 1 atom stereocenters. The highest BCUT2D eigenvalue weighted by Gasteiger charge is 2.14. The first-order chi connectivity index (χ1) is 8.31. The summed E-state index contributed by atoms with van der Waals surface area (Å²) in [5.41, 5.74) is 4.55. The van der Waals surface area contributed by atoms with Gasteiger partial charge in [0, 0.05) is 6.04 Å². The highest BCUT2D eigenvalue weighted by Crippen LogP contribution is 2.21. The average molecular weight is 239 g/mol. The van der Waals surface area contributed by atoms with Gasteiger partial charge in [-0.2, -0.15) is 0 Å². The first kappa shape index (κ1) is 14.7. The van der Waals surface area contributed by atoms with Crippen LogP contribution in [0.1, 0.15) is 52.4 Å². The third kappa shape index (κ3) is 5.19. The predicted octanol–water partition coefficient (Wildman–Crippen LogP) is 2.44. The normalized spacial score (nSPS) is 18.9. The summed E-state index contributed by atoms with van der Waals surface area (Å²) in [5, 5.41) is 0. The van der Waals surface area contributed by atoms with E-state index in [-0.39, 0.29) is 0 Å². The average Bonchev–Trinajstić information content (AvgIpc) is 2.64. The van der Waals surface area contributed by atoms with Crippen LogP contribution in [0.4, 0.5) is 0 Å². The van der Waals surface area contributed by atoms with E-state index in [0.717, 1.165) is 26.1 Å². The molecule has 100 valence electrons. The van der Waals surface area contributed by atoms with Crippen LogP contribution >= 0.6 is 0 Å². The lowest BCUT2D eigenvalue weighted by Crippen LogP contribution is -2.39. The topological polar surface area (TPSA) is 41.3 Å². The van der Waals surface area contributed by atoms with Crippen molar-refractivity contribution >= 4 is 0 Å². The van der Waals surface area contributed by atoms with Crippen molar-refractivity contribution in [2.24, 2.45) is 5.84 Å². The zero-order chi connectivity index (χ0) is 12.5. The van der Waals surface area contributed by atoms with Crippen LogP contribution in [0.5, 0.6) is 0 Å². The maximum absolute atomic E-state index is 5.71. The zero-order valence-electron chi connectivity index (χ0n) is 11.5. The van der Waals surface area contributed by atoms with Gasteiger partial charge in [0.05, 0.1) is 0 Å². The molecule has 0 spiro atoms. The monoisotopic (exact) mass is 239 g/mol. The summed E-state index contributed by atoms with van der Waals surface area (Å²) >= 11 is 0. The number of hydrogen-bond acceptors (Lipinski definition) is 3. The Balaban J connectivity index is 2.43. The second-order valence-corrected chi connectivity index (χ2v) is 4.91. The van der Waals surface area contributed by atoms with Gasteiger partial charge in [-0.25, -0.2) is 0 Å². The van der Waals surface area contributed by atoms with Crippen LogP contribution in [-0.4, -0.2) is 30.6 Å². The molecule has 1 rings (SSSR count). The molecule has 1 unspecified atom stereocenters. The molecule has 0 aromatic rings. The molecule has 0 aromatic carbocycles. The number of nitrogens with one attached hydrogen (secondary N) is 1. The summed E-state index contributed by atoms with van der Waals surface area (Å²) in [6.07, 6.45) is 10.1. The second kappa shape index (κ2) is 8.67. The maximum Gasteiger partial charge on any atom is 0.0431 e. The van der Waals surface area contributed by atoms with Gasteiger partial charge in [-0.1, -0.05) is 31.9 Å². The van der Waals surface area contributed by atoms with Crippen molar-refractivity contribution in [2.45, 2.75) is 58.4 Å². The molecule has 1 aliphatic carbocycles.